The third-order valence-corrected chi connectivity index (χ3v) is 4.10. The Bertz CT molecular complexity index is 495. The van der Waals surface area contributed by atoms with Crippen LogP contribution in [0.25, 0.3) is 0 Å². The highest BCUT2D eigenvalue weighted by atomic mass is 16.5. The van der Waals surface area contributed by atoms with E-state index < -0.39 is 0 Å². The van der Waals surface area contributed by atoms with Gasteiger partial charge in [-0.15, -0.1) is 0 Å². The fraction of sp³-hybridized carbons (Fsp3) is 0.562. The number of carbonyl (C=O) groups excluding carboxylic acids is 1. The lowest BCUT2D eigenvalue weighted by atomic mass is 10.1. The molecule has 2 heterocycles. The molecular weight excluding hydrogens is 252 g/mol. The van der Waals surface area contributed by atoms with Gasteiger partial charge in [0.2, 0.25) is 0 Å². The summed E-state index contributed by atoms with van der Waals surface area (Å²) in [6.45, 7) is 5.22. The van der Waals surface area contributed by atoms with Crippen molar-refractivity contribution >= 4 is 11.6 Å². The standard InChI is InChI=1S/C16H22N2O2/c1-12-10-17-15-6-5-13(9-14(15)11-20-12)16(19)18-7-3-2-4-8-18/h5-6,9,12,17H,2-4,7-8,10-11H2,1H3/t12-/m0/s1. The molecule has 1 amide bonds. The van der Waals surface area contributed by atoms with Crippen LogP contribution in [-0.2, 0) is 11.3 Å². The van der Waals surface area contributed by atoms with Crippen LogP contribution in [0.3, 0.4) is 0 Å². The lowest BCUT2D eigenvalue weighted by molar-refractivity contribution is 0.0654. The highest BCUT2D eigenvalue weighted by Crippen LogP contribution is 2.23. The summed E-state index contributed by atoms with van der Waals surface area (Å²) in [4.78, 5) is 14.5. The summed E-state index contributed by atoms with van der Waals surface area (Å²) in [5.74, 6) is 0.157. The first-order valence-corrected chi connectivity index (χ1v) is 7.52. The van der Waals surface area contributed by atoms with Gasteiger partial charge in [-0.05, 0) is 44.4 Å². The van der Waals surface area contributed by atoms with Crippen LogP contribution in [0.15, 0.2) is 18.2 Å². The molecule has 20 heavy (non-hydrogen) atoms. The molecule has 1 aromatic rings. The molecule has 4 heteroatoms. The Labute approximate surface area is 120 Å². The Kier molecular flexibility index (Phi) is 3.92. The number of piperidine rings is 1. The van der Waals surface area contributed by atoms with Crippen LogP contribution >= 0.6 is 0 Å². The maximum Gasteiger partial charge on any atom is 0.253 e. The molecule has 3 rings (SSSR count). The number of amides is 1. The fourth-order valence-corrected chi connectivity index (χ4v) is 2.84. The van der Waals surface area contributed by atoms with Crippen molar-refractivity contribution in [1.82, 2.24) is 4.90 Å². The van der Waals surface area contributed by atoms with Crippen LogP contribution in [0.5, 0.6) is 0 Å². The molecule has 0 bridgehead atoms. The number of nitrogens with one attached hydrogen (secondary N) is 1. The zero-order chi connectivity index (χ0) is 13.9. The number of benzene rings is 1. The van der Waals surface area contributed by atoms with Gasteiger partial charge in [0, 0.05) is 36.4 Å². The second kappa shape index (κ2) is 5.83. The number of rotatable bonds is 1. The van der Waals surface area contributed by atoms with Gasteiger partial charge in [0.1, 0.15) is 0 Å². The van der Waals surface area contributed by atoms with Crippen molar-refractivity contribution in [1.29, 1.82) is 0 Å². The fourth-order valence-electron chi connectivity index (χ4n) is 2.84. The Hall–Kier alpha value is -1.55. The molecular formula is C16H22N2O2. The topological polar surface area (TPSA) is 41.6 Å². The lowest BCUT2D eigenvalue weighted by Gasteiger charge is -2.27. The van der Waals surface area contributed by atoms with Crippen molar-refractivity contribution in [2.75, 3.05) is 25.0 Å². The Balaban J connectivity index is 1.79. The van der Waals surface area contributed by atoms with Gasteiger partial charge in [0.05, 0.1) is 12.7 Å². The first kappa shape index (κ1) is 13.4. The number of nitrogens with zero attached hydrogens (tertiary/aromatic N) is 1. The SMILES string of the molecule is C[C@H]1CNc2ccc(C(=O)N3CCCCC3)cc2CO1. The van der Waals surface area contributed by atoms with E-state index in [4.69, 9.17) is 4.74 Å². The number of ether oxygens (including phenoxy) is 1. The summed E-state index contributed by atoms with van der Waals surface area (Å²) in [5.41, 5.74) is 2.95. The molecule has 2 aliphatic heterocycles. The van der Waals surface area contributed by atoms with E-state index in [0.29, 0.717) is 6.61 Å². The largest absolute Gasteiger partial charge is 0.382 e. The summed E-state index contributed by atoms with van der Waals surface area (Å²) in [5, 5.41) is 3.37. The molecule has 1 atom stereocenters. The van der Waals surface area contributed by atoms with Gasteiger partial charge < -0.3 is 15.0 Å². The molecule has 0 spiro atoms. The van der Waals surface area contributed by atoms with Gasteiger partial charge in [0.15, 0.2) is 0 Å². The van der Waals surface area contributed by atoms with Crippen LogP contribution in [0.1, 0.15) is 42.1 Å². The number of fused-ring (bicyclic) bond motifs is 1. The Morgan fingerprint density at radius 2 is 2.10 bits per heavy atom. The first-order chi connectivity index (χ1) is 9.74. The van der Waals surface area contributed by atoms with E-state index in [-0.39, 0.29) is 12.0 Å². The van der Waals surface area contributed by atoms with Crippen LogP contribution in [0, 0.1) is 0 Å². The number of hydrogen-bond donors (Lipinski definition) is 1. The minimum absolute atomic E-state index is 0.157. The summed E-state index contributed by atoms with van der Waals surface area (Å²) < 4.78 is 5.72. The number of hydrogen-bond acceptors (Lipinski definition) is 3. The second-order valence-corrected chi connectivity index (χ2v) is 5.73. The van der Waals surface area contributed by atoms with E-state index in [1.807, 2.05) is 23.1 Å². The van der Waals surface area contributed by atoms with Crippen LogP contribution in [0.2, 0.25) is 0 Å². The van der Waals surface area contributed by atoms with Gasteiger partial charge >= 0.3 is 0 Å². The molecule has 1 fully saturated rings. The molecule has 0 aliphatic carbocycles. The third kappa shape index (κ3) is 2.80. The minimum Gasteiger partial charge on any atom is -0.382 e. The summed E-state index contributed by atoms with van der Waals surface area (Å²) >= 11 is 0. The molecule has 1 aromatic carbocycles. The quantitative estimate of drug-likeness (QED) is 0.856. The Morgan fingerprint density at radius 1 is 1.30 bits per heavy atom. The van der Waals surface area contributed by atoms with Crippen molar-refractivity contribution in [3.63, 3.8) is 0 Å². The van der Waals surface area contributed by atoms with Crippen molar-refractivity contribution < 1.29 is 9.53 Å². The van der Waals surface area contributed by atoms with Crippen molar-refractivity contribution in [2.45, 2.75) is 38.9 Å². The molecule has 108 valence electrons. The normalized spacial score (nSPS) is 22.6. The van der Waals surface area contributed by atoms with Crippen molar-refractivity contribution in [3.05, 3.63) is 29.3 Å². The first-order valence-electron chi connectivity index (χ1n) is 7.52. The highest BCUT2D eigenvalue weighted by Gasteiger charge is 2.20. The molecule has 0 aromatic heterocycles. The monoisotopic (exact) mass is 274 g/mol. The van der Waals surface area contributed by atoms with Crippen LogP contribution in [-0.4, -0.2) is 36.5 Å². The molecule has 0 unspecified atom stereocenters. The van der Waals surface area contributed by atoms with Crippen molar-refractivity contribution in [2.24, 2.45) is 0 Å². The van der Waals surface area contributed by atoms with Crippen molar-refractivity contribution in [3.8, 4) is 0 Å². The molecule has 1 N–H and O–H groups in total. The van der Waals surface area contributed by atoms with E-state index in [1.165, 1.54) is 6.42 Å². The number of anilines is 1. The maximum absolute atomic E-state index is 12.5. The van der Waals surface area contributed by atoms with E-state index >= 15 is 0 Å². The highest BCUT2D eigenvalue weighted by molar-refractivity contribution is 5.95. The van der Waals surface area contributed by atoms with E-state index in [0.717, 1.165) is 49.3 Å². The summed E-state index contributed by atoms with van der Waals surface area (Å²) in [6, 6.07) is 5.92. The molecule has 2 aliphatic rings. The van der Waals surface area contributed by atoms with E-state index in [2.05, 4.69) is 12.2 Å². The minimum atomic E-state index is 0.157. The molecule has 0 saturated carbocycles. The van der Waals surface area contributed by atoms with Gasteiger partial charge in [-0.2, -0.15) is 0 Å². The smallest absolute Gasteiger partial charge is 0.253 e. The zero-order valence-corrected chi connectivity index (χ0v) is 12.0. The predicted octanol–water partition coefficient (Wildman–Crippen LogP) is 2.64. The van der Waals surface area contributed by atoms with Gasteiger partial charge in [-0.3, -0.25) is 4.79 Å². The maximum atomic E-state index is 12.5. The number of likely N-dealkylation sites (tertiary alicyclic amines) is 1. The number of carbonyl (C=O) groups is 1. The summed E-state index contributed by atoms with van der Waals surface area (Å²) in [6.07, 6.45) is 3.69. The molecule has 4 nitrogen and oxygen atoms in total. The lowest BCUT2D eigenvalue weighted by Crippen LogP contribution is -2.35. The van der Waals surface area contributed by atoms with Gasteiger partial charge in [-0.1, -0.05) is 0 Å². The summed E-state index contributed by atoms with van der Waals surface area (Å²) in [7, 11) is 0. The van der Waals surface area contributed by atoms with Gasteiger partial charge in [0.25, 0.3) is 5.91 Å². The second-order valence-electron chi connectivity index (χ2n) is 5.73. The molecule has 1 saturated heterocycles. The third-order valence-electron chi connectivity index (χ3n) is 4.10. The van der Waals surface area contributed by atoms with E-state index in [1.54, 1.807) is 0 Å². The van der Waals surface area contributed by atoms with Gasteiger partial charge in [-0.25, -0.2) is 0 Å². The Morgan fingerprint density at radius 3 is 2.90 bits per heavy atom. The van der Waals surface area contributed by atoms with Crippen LogP contribution < -0.4 is 5.32 Å². The average Bonchev–Trinajstić information content (AvgIpc) is 2.69. The molecule has 0 radical (unpaired) electrons. The van der Waals surface area contributed by atoms with Crippen LogP contribution in [0.4, 0.5) is 5.69 Å². The zero-order valence-electron chi connectivity index (χ0n) is 12.0. The predicted molar refractivity (Wildman–Crippen MR) is 78.9 cm³/mol. The average molecular weight is 274 g/mol. The van der Waals surface area contributed by atoms with E-state index in [9.17, 15) is 4.79 Å².